The largest absolute Gasteiger partial charge is 0.347 e. The molecule has 4 rings (SSSR count). The maximum Gasteiger partial charge on any atom is 0.269 e. The number of aromatic nitrogens is 2. The zero-order chi connectivity index (χ0) is 20.6. The summed E-state index contributed by atoms with van der Waals surface area (Å²) in [7, 11) is 1.96. The SMILES string of the molecule is CC(/C=C(\C=O)Nc1ncnc2sc(C)cc12)=C1\C(=O)NC2(CCCCC2)N1C. The minimum atomic E-state index is -0.290. The molecule has 1 spiro atoms. The number of anilines is 1. The maximum atomic E-state index is 12.7. The van der Waals surface area contributed by atoms with Crippen LogP contribution in [0.3, 0.4) is 0 Å². The van der Waals surface area contributed by atoms with Gasteiger partial charge in [0.2, 0.25) is 0 Å². The van der Waals surface area contributed by atoms with E-state index < -0.39 is 0 Å². The highest BCUT2D eigenvalue weighted by Gasteiger charge is 2.46. The number of thiophene rings is 1. The fourth-order valence-electron chi connectivity index (χ4n) is 4.37. The van der Waals surface area contributed by atoms with Crippen molar-refractivity contribution < 1.29 is 9.59 Å². The summed E-state index contributed by atoms with van der Waals surface area (Å²) in [4.78, 5) is 37.1. The molecule has 2 aliphatic rings. The average Bonchev–Trinajstić information content (AvgIpc) is 3.19. The van der Waals surface area contributed by atoms with Gasteiger partial charge in [0.05, 0.1) is 11.1 Å². The summed E-state index contributed by atoms with van der Waals surface area (Å²) in [5.41, 5.74) is 1.42. The van der Waals surface area contributed by atoms with Gasteiger partial charge in [-0.15, -0.1) is 11.3 Å². The molecule has 152 valence electrons. The third-order valence-electron chi connectivity index (χ3n) is 5.81. The number of carbonyl (C=O) groups excluding carboxylic acids is 2. The molecule has 0 bridgehead atoms. The molecule has 2 fully saturated rings. The van der Waals surface area contributed by atoms with E-state index in [1.807, 2.05) is 27.0 Å². The molecule has 3 heterocycles. The Kier molecular flexibility index (Phi) is 5.12. The number of allylic oxidation sites excluding steroid dienone is 3. The molecule has 0 unspecified atom stereocenters. The number of aryl methyl sites for hydroxylation is 1. The number of nitrogens with one attached hydrogen (secondary N) is 2. The smallest absolute Gasteiger partial charge is 0.269 e. The van der Waals surface area contributed by atoms with Crippen molar-refractivity contribution in [1.82, 2.24) is 20.2 Å². The number of amides is 1. The van der Waals surface area contributed by atoms with E-state index >= 15 is 0 Å². The van der Waals surface area contributed by atoms with Crippen LogP contribution in [0.1, 0.15) is 43.9 Å². The summed E-state index contributed by atoms with van der Waals surface area (Å²) in [6.45, 7) is 3.87. The number of hydrogen-bond acceptors (Lipinski definition) is 7. The first-order valence-corrected chi connectivity index (χ1v) is 10.7. The summed E-state index contributed by atoms with van der Waals surface area (Å²) in [6.07, 6.45) is 9.27. The average molecular weight is 412 g/mol. The normalized spacial score (nSPS) is 20.9. The Hall–Kier alpha value is -2.74. The lowest BCUT2D eigenvalue weighted by Crippen LogP contribution is -2.51. The van der Waals surface area contributed by atoms with Crippen LogP contribution in [-0.4, -0.2) is 39.8 Å². The van der Waals surface area contributed by atoms with Crippen LogP contribution in [0, 0.1) is 6.92 Å². The lowest BCUT2D eigenvalue weighted by Gasteiger charge is -2.40. The topological polar surface area (TPSA) is 87.2 Å². The molecule has 1 aliphatic carbocycles. The van der Waals surface area contributed by atoms with Crippen LogP contribution < -0.4 is 10.6 Å². The molecule has 1 saturated carbocycles. The van der Waals surface area contributed by atoms with Crippen LogP contribution in [0.15, 0.2) is 35.4 Å². The molecule has 29 heavy (non-hydrogen) atoms. The second-order valence-electron chi connectivity index (χ2n) is 7.78. The van der Waals surface area contributed by atoms with Gasteiger partial charge in [0, 0.05) is 11.9 Å². The second kappa shape index (κ2) is 7.59. The van der Waals surface area contributed by atoms with Gasteiger partial charge < -0.3 is 15.5 Å². The molecule has 1 aliphatic heterocycles. The van der Waals surface area contributed by atoms with Crippen molar-refractivity contribution in [2.75, 3.05) is 12.4 Å². The number of likely N-dealkylation sites (N-methyl/N-ethyl adjacent to an activating group) is 1. The van der Waals surface area contributed by atoms with E-state index in [0.29, 0.717) is 17.2 Å². The van der Waals surface area contributed by atoms with Crippen LogP contribution in [0.5, 0.6) is 0 Å². The molecule has 2 N–H and O–H groups in total. The highest BCUT2D eigenvalue weighted by atomic mass is 32.1. The van der Waals surface area contributed by atoms with Gasteiger partial charge in [0.25, 0.3) is 5.91 Å². The summed E-state index contributed by atoms with van der Waals surface area (Å²) < 4.78 is 0. The first kappa shape index (κ1) is 19.6. The van der Waals surface area contributed by atoms with E-state index in [0.717, 1.165) is 52.6 Å². The van der Waals surface area contributed by atoms with Crippen LogP contribution in [0.2, 0.25) is 0 Å². The molecule has 8 heteroatoms. The van der Waals surface area contributed by atoms with E-state index in [2.05, 4.69) is 25.5 Å². The van der Waals surface area contributed by atoms with Gasteiger partial charge in [-0.25, -0.2) is 9.97 Å². The number of carbonyl (C=O) groups is 2. The van der Waals surface area contributed by atoms with Gasteiger partial charge in [-0.1, -0.05) is 6.42 Å². The quantitative estimate of drug-likeness (QED) is 0.592. The predicted octanol–water partition coefficient (Wildman–Crippen LogP) is 3.49. The van der Waals surface area contributed by atoms with Crippen molar-refractivity contribution in [2.24, 2.45) is 0 Å². The number of rotatable bonds is 4. The molecule has 0 radical (unpaired) electrons. The van der Waals surface area contributed by atoms with Gasteiger partial charge >= 0.3 is 0 Å². The number of hydrogen-bond donors (Lipinski definition) is 2. The van der Waals surface area contributed by atoms with E-state index in [9.17, 15) is 9.59 Å². The van der Waals surface area contributed by atoms with Crippen LogP contribution in [0.25, 0.3) is 10.2 Å². The molecule has 0 aromatic carbocycles. The molecule has 1 saturated heterocycles. The summed E-state index contributed by atoms with van der Waals surface area (Å²) in [5.74, 6) is 0.509. The van der Waals surface area contributed by atoms with Gasteiger partial charge in [-0.2, -0.15) is 0 Å². The molecule has 2 aromatic rings. The van der Waals surface area contributed by atoms with Crippen LogP contribution >= 0.6 is 11.3 Å². The molecule has 2 aromatic heterocycles. The fraction of sp³-hybridized carbons (Fsp3) is 0.429. The van der Waals surface area contributed by atoms with E-state index in [1.54, 1.807) is 17.4 Å². The van der Waals surface area contributed by atoms with Gasteiger partial charge in [0.1, 0.15) is 28.3 Å². The van der Waals surface area contributed by atoms with E-state index in [1.165, 1.54) is 12.7 Å². The third-order valence-corrected chi connectivity index (χ3v) is 6.77. The predicted molar refractivity (Wildman–Crippen MR) is 114 cm³/mol. The summed E-state index contributed by atoms with van der Waals surface area (Å²) >= 11 is 1.58. The third kappa shape index (κ3) is 3.53. The lowest BCUT2D eigenvalue weighted by molar-refractivity contribution is -0.117. The monoisotopic (exact) mass is 411 g/mol. The number of aldehydes is 1. The molecule has 0 atom stereocenters. The van der Waals surface area contributed by atoms with E-state index in [4.69, 9.17) is 0 Å². The summed E-state index contributed by atoms with van der Waals surface area (Å²) in [6, 6.07) is 2.00. The number of fused-ring (bicyclic) bond motifs is 1. The highest BCUT2D eigenvalue weighted by molar-refractivity contribution is 7.18. The maximum absolute atomic E-state index is 12.7. The first-order valence-electron chi connectivity index (χ1n) is 9.86. The zero-order valence-electron chi connectivity index (χ0n) is 16.9. The minimum absolute atomic E-state index is 0.0775. The van der Waals surface area contributed by atoms with Crippen molar-refractivity contribution >= 4 is 39.6 Å². The molecular formula is C21H25N5O2S. The Morgan fingerprint density at radius 1 is 1.31 bits per heavy atom. The number of nitrogens with zero attached hydrogens (tertiary/aromatic N) is 3. The Balaban J connectivity index is 1.65. The lowest BCUT2D eigenvalue weighted by atomic mass is 9.88. The molecule has 1 amide bonds. The molecular weight excluding hydrogens is 386 g/mol. The Morgan fingerprint density at radius 3 is 2.79 bits per heavy atom. The zero-order valence-corrected chi connectivity index (χ0v) is 17.7. The van der Waals surface area contributed by atoms with Gasteiger partial charge in [-0.3, -0.25) is 9.59 Å². The highest BCUT2D eigenvalue weighted by Crippen LogP contribution is 2.38. The van der Waals surface area contributed by atoms with E-state index in [-0.39, 0.29) is 11.6 Å². The second-order valence-corrected chi connectivity index (χ2v) is 9.01. The Labute approximate surface area is 173 Å². The summed E-state index contributed by atoms with van der Waals surface area (Å²) in [5, 5.41) is 7.17. The van der Waals surface area contributed by atoms with Crippen molar-refractivity contribution in [3.8, 4) is 0 Å². The van der Waals surface area contributed by atoms with Crippen molar-refractivity contribution in [1.29, 1.82) is 0 Å². The molecule has 7 nitrogen and oxygen atoms in total. The first-order chi connectivity index (χ1) is 13.9. The van der Waals surface area contributed by atoms with Gasteiger partial charge in [-0.05, 0) is 57.2 Å². The van der Waals surface area contributed by atoms with Crippen LogP contribution in [-0.2, 0) is 9.59 Å². The van der Waals surface area contributed by atoms with Crippen molar-refractivity contribution in [3.05, 3.63) is 40.3 Å². The van der Waals surface area contributed by atoms with Crippen LogP contribution in [0.4, 0.5) is 5.82 Å². The minimum Gasteiger partial charge on any atom is -0.347 e. The Bertz CT molecular complexity index is 1030. The van der Waals surface area contributed by atoms with Crippen molar-refractivity contribution in [3.63, 3.8) is 0 Å². The standard InChI is InChI=1S/C21H25N5O2S/c1-13(17-19(28)25-21(26(17)3)7-5-4-6-8-21)9-15(11-27)24-18-16-10-14(2)29-20(16)23-12-22-18/h9-12H,4-8H2,1-3H3,(H,25,28)(H,22,23,24)/b15-9+,17-13-. The van der Waals surface area contributed by atoms with Crippen molar-refractivity contribution in [2.45, 2.75) is 51.6 Å². The Morgan fingerprint density at radius 2 is 2.07 bits per heavy atom. The fourth-order valence-corrected chi connectivity index (χ4v) is 5.22. The van der Waals surface area contributed by atoms with Gasteiger partial charge in [0.15, 0.2) is 6.29 Å².